The summed E-state index contributed by atoms with van der Waals surface area (Å²) in [6, 6.07) is 1.99. The van der Waals surface area contributed by atoms with Crippen molar-refractivity contribution in [2.75, 3.05) is 6.54 Å². The summed E-state index contributed by atoms with van der Waals surface area (Å²) in [6.45, 7) is 0.602. The van der Waals surface area contributed by atoms with Gasteiger partial charge >= 0.3 is 0 Å². The maximum atomic E-state index is 5.25. The second-order valence-electron chi connectivity index (χ2n) is 1.78. The molecule has 0 unspecified atom stereocenters. The summed E-state index contributed by atoms with van der Waals surface area (Å²) in [5, 5.41) is 0. The molecule has 1 heterocycles. The van der Waals surface area contributed by atoms with E-state index in [1.54, 1.807) is 0 Å². The Hall–Kier alpha value is -1.02. The molecule has 0 bridgehead atoms. The van der Waals surface area contributed by atoms with Crippen molar-refractivity contribution in [3.05, 3.63) is 30.1 Å². The molecule has 0 atom stereocenters. The van der Waals surface area contributed by atoms with Gasteiger partial charge in [0, 0.05) is 18.9 Å². The molecule has 0 spiro atoms. The molecular formula is C7H10N2. The van der Waals surface area contributed by atoms with E-state index in [0.29, 0.717) is 6.54 Å². The molecule has 0 aromatic carbocycles. The Morgan fingerprint density at radius 2 is 2.56 bits per heavy atom. The molecular weight excluding hydrogens is 112 g/mol. The number of nitrogens with one attached hydrogen (secondary N) is 1. The molecule has 2 nitrogen and oxygen atoms in total. The van der Waals surface area contributed by atoms with Crippen LogP contribution in [0.3, 0.4) is 0 Å². The van der Waals surface area contributed by atoms with E-state index in [1.807, 2.05) is 30.6 Å². The van der Waals surface area contributed by atoms with Crippen LogP contribution in [0.15, 0.2) is 24.5 Å². The Morgan fingerprint density at radius 1 is 1.67 bits per heavy atom. The lowest BCUT2D eigenvalue weighted by molar-refractivity contribution is 1.26. The normalized spacial score (nSPS) is 10.8. The van der Waals surface area contributed by atoms with Gasteiger partial charge in [-0.3, -0.25) is 0 Å². The van der Waals surface area contributed by atoms with Crippen molar-refractivity contribution in [3.63, 3.8) is 0 Å². The predicted octanol–water partition coefficient (Wildman–Crippen LogP) is 0.987. The third kappa shape index (κ3) is 1.74. The summed E-state index contributed by atoms with van der Waals surface area (Å²) in [7, 11) is 0. The van der Waals surface area contributed by atoms with Crippen LogP contribution in [0.1, 0.15) is 5.56 Å². The molecule has 0 saturated carbocycles. The molecule has 2 heteroatoms. The standard InChI is InChI=1S/C7H10N2/c8-4-1-2-7-3-5-9-6-7/h1-3,5-6,9H,4,8H2/b2-1+. The quantitative estimate of drug-likeness (QED) is 0.603. The third-order valence-electron chi connectivity index (χ3n) is 1.07. The average Bonchev–Trinajstić information content (AvgIpc) is 2.34. The highest BCUT2D eigenvalue weighted by molar-refractivity contribution is 5.47. The van der Waals surface area contributed by atoms with Crippen molar-refractivity contribution in [2.24, 2.45) is 5.73 Å². The van der Waals surface area contributed by atoms with Gasteiger partial charge in [0.15, 0.2) is 0 Å². The van der Waals surface area contributed by atoms with Crippen molar-refractivity contribution >= 4 is 6.08 Å². The summed E-state index contributed by atoms with van der Waals surface area (Å²) < 4.78 is 0. The molecule has 0 aliphatic carbocycles. The SMILES string of the molecule is NC/C=C/c1cc[nH]c1. The lowest BCUT2D eigenvalue weighted by Crippen LogP contribution is -1.91. The molecule has 1 aromatic rings. The highest BCUT2D eigenvalue weighted by Crippen LogP contribution is 1.97. The molecule has 9 heavy (non-hydrogen) atoms. The van der Waals surface area contributed by atoms with Crippen LogP contribution in [-0.2, 0) is 0 Å². The second kappa shape index (κ2) is 3.10. The van der Waals surface area contributed by atoms with Crippen LogP contribution in [0.4, 0.5) is 0 Å². The zero-order valence-electron chi connectivity index (χ0n) is 5.17. The highest BCUT2D eigenvalue weighted by atomic mass is 14.6. The largest absolute Gasteiger partial charge is 0.367 e. The van der Waals surface area contributed by atoms with Gasteiger partial charge in [-0.2, -0.15) is 0 Å². The molecule has 0 radical (unpaired) electrons. The van der Waals surface area contributed by atoms with Crippen LogP contribution in [0, 0.1) is 0 Å². The average molecular weight is 122 g/mol. The Labute approximate surface area is 54.4 Å². The van der Waals surface area contributed by atoms with Crippen molar-refractivity contribution in [3.8, 4) is 0 Å². The summed E-state index contributed by atoms with van der Waals surface area (Å²) in [6.07, 6.45) is 7.71. The minimum absolute atomic E-state index is 0.602. The maximum Gasteiger partial charge on any atom is 0.0110 e. The Kier molecular flexibility index (Phi) is 2.10. The van der Waals surface area contributed by atoms with Gasteiger partial charge in [0.1, 0.15) is 0 Å². The maximum absolute atomic E-state index is 5.25. The fourth-order valence-corrected chi connectivity index (χ4v) is 0.645. The van der Waals surface area contributed by atoms with Gasteiger partial charge in [0.25, 0.3) is 0 Å². The van der Waals surface area contributed by atoms with Crippen LogP contribution in [0.5, 0.6) is 0 Å². The molecule has 1 rings (SSSR count). The first kappa shape index (κ1) is 6.11. The van der Waals surface area contributed by atoms with Gasteiger partial charge in [0.05, 0.1) is 0 Å². The van der Waals surface area contributed by atoms with Crippen LogP contribution < -0.4 is 5.73 Å². The molecule has 0 saturated heterocycles. The number of aromatic nitrogens is 1. The minimum Gasteiger partial charge on any atom is -0.367 e. The van der Waals surface area contributed by atoms with E-state index in [2.05, 4.69) is 4.98 Å². The molecule has 0 amide bonds. The van der Waals surface area contributed by atoms with Gasteiger partial charge in [-0.15, -0.1) is 0 Å². The Balaban J connectivity index is 2.57. The summed E-state index contributed by atoms with van der Waals surface area (Å²) in [5.41, 5.74) is 6.42. The van der Waals surface area contributed by atoms with Gasteiger partial charge in [-0.05, 0) is 11.6 Å². The second-order valence-corrected chi connectivity index (χ2v) is 1.78. The van der Waals surface area contributed by atoms with Crippen LogP contribution in [0.25, 0.3) is 6.08 Å². The predicted molar refractivity (Wildman–Crippen MR) is 38.9 cm³/mol. The van der Waals surface area contributed by atoms with Crippen LogP contribution in [-0.4, -0.2) is 11.5 Å². The van der Waals surface area contributed by atoms with Crippen LogP contribution >= 0.6 is 0 Å². The molecule has 3 N–H and O–H groups in total. The number of nitrogens with two attached hydrogens (primary N) is 1. The lowest BCUT2D eigenvalue weighted by atomic mass is 10.3. The first-order valence-electron chi connectivity index (χ1n) is 2.93. The summed E-state index contributed by atoms with van der Waals surface area (Å²) >= 11 is 0. The Morgan fingerprint density at radius 3 is 3.11 bits per heavy atom. The van der Waals surface area contributed by atoms with E-state index in [0.717, 1.165) is 0 Å². The molecule has 1 aromatic heterocycles. The molecule has 0 fully saturated rings. The van der Waals surface area contributed by atoms with Crippen molar-refractivity contribution in [1.29, 1.82) is 0 Å². The topological polar surface area (TPSA) is 41.8 Å². The summed E-state index contributed by atoms with van der Waals surface area (Å²) in [5.74, 6) is 0. The third-order valence-corrected chi connectivity index (χ3v) is 1.07. The first-order chi connectivity index (χ1) is 4.43. The van der Waals surface area contributed by atoms with Gasteiger partial charge in [-0.25, -0.2) is 0 Å². The monoisotopic (exact) mass is 122 g/mol. The van der Waals surface area contributed by atoms with Crippen molar-refractivity contribution in [1.82, 2.24) is 4.98 Å². The number of hydrogen-bond acceptors (Lipinski definition) is 1. The number of H-pyrrole nitrogens is 1. The van der Waals surface area contributed by atoms with E-state index in [-0.39, 0.29) is 0 Å². The smallest absolute Gasteiger partial charge is 0.0110 e. The van der Waals surface area contributed by atoms with E-state index in [9.17, 15) is 0 Å². The van der Waals surface area contributed by atoms with E-state index < -0.39 is 0 Å². The van der Waals surface area contributed by atoms with Crippen molar-refractivity contribution < 1.29 is 0 Å². The first-order valence-corrected chi connectivity index (χ1v) is 2.93. The fourth-order valence-electron chi connectivity index (χ4n) is 0.645. The molecule has 0 aliphatic heterocycles. The minimum atomic E-state index is 0.602. The number of aromatic amines is 1. The number of rotatable bonds is 2. The zero-order chi connectivity index (χ0) is 6.53. The van der Waals surface area contributed by atoms with Gasteiger partial charge in [0.2, 0.25) is 0 Å². The highest BCUT2D eigenvalue weighted by Gasteiger charge is 1.80. The van der Waals surface area contributed by atoms with E-state index in [4.69, 9.17) is 5.73 Å². The van der Waals surface area contributed by atoms with Crippen molar-refractivity contribution in [2.45, 2.75) is 0 Å². The lowest BCUT2D eigenvalue weighted by Gasteiger charge is -1.79. The summed E-state index contributed by atoms with van der Waals surface area (Å²) in [4.78, 5) is 2.95. The van der Waals surface area contributed by atoms with E-state index in [1.165, 1.54) is 5.56 Å². The number of hydrogen-bond donors (Lipinski definition) is 2. The zero-order valence-corrected chi connectivity index (χ0v) is 5.17. The van der Waals surface area contributed by atoms with Gasteiger partial charge in [-0.1, -0.05) is 12.2 Å². The van der Waals surface area contributed by atoms with E-state index >= 15 is 0 Å². The van der Waals surface area contributed by atoms with Crippen LogP contribution in [0.2, 0.25) is 0 Å². The molecule has 0 aliphatic rings. The van der Waals surface area contributed by atoms with Gasteiger partial charge < -0.3 is 10.7 Å². The molecule has 48 valence electrons. The Bertz CT molecular complexity index is 175. The fraction of sp³-hybridized carbons (Fsp3) is 0.143.